The number of nitro groups is 1. The Bertz CT molecular complexity index is 932. The van der Waals surface area contributed by atoms with Gasteiger partial charge in [-0.3, -0.25) is 10.1 Å². The van der Waals surface area contributed by atoms with Crippen LogP contribution in [-0.4, -0.2) is 14.7 Å². The number of nitrogens with zero attached hydrogens (tertiary/aromatic N) is 4. The lowest BCUT2D eigenvalue weighted by atomic mass is 10.1. The standard InChI is InChI=1S/C18H20FN5O2/c1-6-11(2)21-17-13(10-20)16(22-23(17)18(3,4)5)12-7-8-15(24(25)26)14(19)9-12/h6-9,21H,1-5H3/b11-6+. The van der Waals surface area contributed by atoms with E-state index in [0.717, 1.165) is 17.8 Å². The molecule has 0 unspecified atom stereocenters. The molecular formula is C18H20FN5O2. The summed E-state index contributed by atoms with van der Waals surface area (Å²) in [6, 6.07) is 5.61. The van der Waals surface area contributed by atoms with Gasteiger partial charge in [-0.1, -0.05) is 6.08 Å². The van der Waals surface area contributed by atoms with Crippen molar-refractivity contribution in [3.8, 4) is 17.3 Å². The van der Waals surface area contributed by atoms with E-state index in [9.17, 15) is 19.8 Å². The molecule has 0 saturated carbocycles. The van der Waals surface area contributed by atoms with Crippen LogP contribution in [0.4, 0.5) is 15.9 Å². The number of halogens is 1. The maximum Gasteiger partial charge on any atom is 0.304 e. The second-order valence-electron chi connectivity index (χ2n) is 6.79. The monoisotopic (exact) mass is 357 g/mol. The molecule has 2 rings (SSSR count). The molecule has 26 heavy (non-hydrogen) atoms. The van der Waals surface area contributed by atoms with Crippen LogP contribution in [0, 0.1) is 27.3 Å². The van der Waals surface area contributed by atoms with Crippen molar-refractivity contribution >= 4 is 11.5 Å². The average molecular weight is 357 g/mol. The fraction of sp³-hybridized carbons (Fsp3) is 0.333. The first-order chi connectivity index (χ1) is 12.1. The van der Waals surface area contributed by atoms with Crippen LogP contribution in [0.5, 0.6) is 0 Å². The molecule has 0 aliphatic heterocycles. The van der Waals surface area contributed by atoms with Gasteiger partial charge in [-0.2, -0.15) is 14.8 Å². The number of nitro benzene ring substituents is 1. The fourth-order valence-electron chi connectivity index (χ4n) is 2.39. The maximum absolute atomic E-state index is 14.0. The summed E-state index contributed by atoms with van der Waals surface area (Å²) in [4.78, 5) is 10.0. The molecule has 0 aliphatic rings. The number of hydrogen-bond donors (Lipinski definition) is 1. The Balaban J connectivity index is 2.72. The van der Waals surface area contributed by atoms with Crippen molar-refractivity contribution in [3.63, 3.8) is 0 Å². The normalized spacial score (nSPS) is 12.0. The third kappa shape index (κ3) is 3.57. The second kappa shape index (κ2) is 6.96. The number of nitriles is 1. The summed E-state index contributed by atoms with van der Waals surface area (Å²) in [7, 11) is 0. The molecule has 0 bridgehead atoms. The van der Waals surface area contributed by atoms with Gasteiger partial charge in [0, 0.05) is 17.3 Å². The van der Waals surface area contributed by atoms with Crippen LogP contribution in [0.15, 0.2) is 30.0 Å². The average Bonchev–Trinajstić information content (AvgIpc) is 2.92. The predicted octanol–water partition coefficient (Wildman–Crippen LogP) is 4.56. The van der Waals surface area contributed by atoms with Gasteiger partial charge < -0.3 is 5.32 Å². The lowest BCUT2D eigenvalue weighted by Crippen LogP contribution is -2.25. The number of anilines is 1. The molecule has 0 fully saturated rings. The maximum atomic E-state index is 14.0. The Hall–Kier alpha value is -3.21. The molecule has 8 heteroatoms. The van der Waals surface area contributed by atoms with E-state index < -0.39 is 22.0 Å². The highest BCUT2D eigenvalue weighted by molar-refractivity contribution is 5.75. The van der Waals surface area contributed by atoms with Crippen molar-refractivity contribution in [2.45, 2.75) is 40.2 Å². The molecule has 2 aromatic rings. The number of nitrogens with one attached hydrogen (secondary N) is 1. The Kier molecular flexibility index (Phi) is 5.12. The molecule has 1 aromatic heterocycles. The van der Waals surface area contributed by atoms with Gasteiger partial charge in [0.25, 0.3) is 0 Å². The number of hydrogen-bond acceptors (Lipinski definition) is 5. The predicted molar refractivity (Wildman–Crippen MR) is 97.0 cm³/mol. The minimum atomic E-state index is -0.971. The highest BCUT2D eigenvalue weighted by Crippen LogP contribution is 2.34. The van der Waals surface area contributed by atoms with Crippen molar-refractivity contribution in [2.24, 2.45) is 0 Å². The SMILES string of the molecule is C/C=C(\C)Nc1c(C#N)c(-c2ccc([N+](=O)[O-])c(F)c2)nn1C(C)(C)C. The first-order valence-corrected chi connectivity index (χ1v) is 7.98. The second-order valence-corrected chi connectivity index (χ2v) is 6.79. The summed E-state index contributed by atoms with van der Waals surface area (Å²) >= 11 is 0. The summed E-state index contributed by atoms with van der Waals surface area (Å²) in [5.41, 5.74) is 0.573. The van der Waals surface area contributed by atoms with Gasteiger partial charge in [0.1, 0.15) is 23.1 Å². The first-order valence-electron chi connectivity index (χ1n) is 7.98. The molecule has 0 spiro atoms. The van der Waals surface area contributed by atoms with Crippen LogP contribution in [0.2, 0.25) is 0 Å². The number of allylic oxidation sites excluding steroid dienone is 2. The zero-order valence-corrected chi connectivity index (χ0v) is 15.3. The van der Waals surface area contributed by atoms with E-state index in [4.69, 9.17) is 0 Å². The lowest BCUT2D eigenvalue weighted by Gasteiger charge is -2.23. The van der Waals surface area contributed by atoms with Crippen LogP contribution in [0.1, 0.15) is 40.2 Å². The molecule has 0 radical (unpaired) electrons. The lowest BCUT2D eigenvalue weighted by molar-refractivity contribution is -0.387. The molecule has 0 amide bonds. The third-order valence-corrected chi connectivity index (χ3v) is 3.80. The Morgan fingerprint density at radius 2 is 2.12 bits per heavy atom. The minimum absolute atomic E-state index is 0.245. The highest BCUT2D eigenvalue weighted by atomic mass is 19.1. The fourth-order valence-corrected chi connectivity index (χ4v) is 2.39. The number of rotatable bonds is 4. The molecule has 0 saturated heterocycles. The van der Waals surface area contributed by atoms with Crippen molar-refractivity contribution in [3.05, 3.63) is 51.5 Å². The van der Waals surface area contributed by atoms with Crippen LogP contribution in [0.25, 0.3) is 11.3 Å². The Morgan fingerprint density at radius 3 is 2.58 bits per heavy atom. The van der Waals surface area contributed by atoms with Crippen LogP contribution in [0.3, 0.4) is 0 Å². The van der Waals surface area contributed by atoms with Crippen molar-refractivity contribution in [2.75, 3.05) is 5.32 Å². The molecule has 136 valence electrons. The van der Waals surface area contributed by atoms with E-state index in [0.29, 0.717) is 11.4 Å². The zero-order valence-electron chi connectivity index (χ0n) is 15.3. The van der Waals surface area contributed by atoms with Gasteiger partial charge in [0.05, 0.1) is 10.5 Å². The van der Waals surface area contributed by atoms with E-state index in [1.54, 1.807) is 4.68 Å². The quantitative estimate of drug-likeness (QED) is 0.639. The van der Waals surface area contributed by atoms with Crippen LogP contribution < -0.4 is 5.32 Å². The smallest absolute Gasteiger partial charge is 0.304 e. The van der Waals surface area contributed by atoms with E-state index in [-0.39, 0.29) is 11.3 Å². The summed E-state index contributed by atoms with van der Waals surface area (Å²) in [6.45, 7) is 9.50. The third-order valence-electron chi connectivity index (χ3n) is 3.80. The van der Waals surface area contributed by atoms with Crippen LogP contribution in [-0.2, 0) is 5.54 Å². The summed E-state index contributed by atoms with van der Waals surface area (Å²) in [5.74, 6) is -0.481. The van der Waals surface area contributed by atoms with Crippen molar-refractivity contribution < 1.29 is 9.31 Å². The number of benzene rings is 1. The Morgan fingerprint density at radius 1 is 1.46 bits per heavy atom. The highest BCUT2D eigenvalue weighted by Gasteiger charge is 2.27. The van der Waals surface area contributed by atoms with Gasteiger partial charge in [-0.15, -0.1) is 0 Å². The van der Waals surface area contributed by atoms with Crippen LogP contribution >= 0.6 is 0 Å². The minimum Gasteiger partial charge on any atom is -0.343 e. The van der Waals surface area contributed by atoms with E-state index in [1.165, 1.54) is 6.07 Å². The molecule has 1 heterocycles. The molecule has 1 N–H and O–H groups in total. The zero-order chi connectivity index (χ0) is 19.6. The van der Waals surface area contributed by atoms with Gasteiger partial charge in [-0.25, -0.2) is 4.68 Å². The molecule has 1 aromatic carbocycles. The van der Waals surface area contributed by atoms with Crippen molar-refractivity contribution in [1.29, 1.82) is 5.26 Å². The molecule has 0 aliphatic carbocycles. The van der Waals surface area contributed by atoms with Crippen molar-refractivity contribution in [1.82, 2.24) is 9.78 Å². The molecular weight excluding hydrogens is 337 g/mol. The number of aromatic nitrogens is 2. The van der Waals surface area contributed by atoms with Gasteiger partial charge >= 0.3 is 5.69 Å². The Labute approximate surface area is 150 Å². The molecule has 7 nitrogen and oxygen atoms in total. The van der Waals surface area contributed by atoms with Gasteiger partial charge in [0.2, 0.25) is 5.82 Å². The van der Waals surface area contributed by atoms with E-state index in [1.807, 2.05) is 40.7 Å². The summed E-state index contributed by atoms with van der Waals surface area (Å²) in [5, 5.41) is 28.1. The first kappa shape index (κ1) is 19.1. The van der Waals surface area contributed by atoms with Gasteiger partial charge in [0.15, 0.2) is 0 Å². The van der Waals surface area contributed by atoms with Gasteiger partial charge in [-0.05, 0) is 46.8 Å². The topological polar surface area (TPSA) is 96.8 Å². The summed E-state index contributed by atoms with van der Waals surface area (Å²) < 4.78 is 15.7. The largest absolute Gasteiger partial charge is 0.343 e. The van der Waals surface area contributed by atoms with E-state index >= 15 is 0 Å². The molecule has 0 atom stereocenters. The summed E-state index contributed by atoms with van der Waals surface area (Å²) in [6.07, 6.45) is 1.85. The van der Waals surface area contributed by atoms with E-state index in [2.05, 4.69) is 16.5 Å².